The Morgan fingerprint density at radius 1 is 1.20 bits per heavy atom. The van der Waals surface area contributed by atoms with Gasteiger partial charge in [0, 0.05) is 17.9 Å². The number of aromatic nitrogens is 2. The van der Waals surface area contributed by atoms with Crippen molar-refractivity contribution in [1.82, 2.24) is 14.7 Å². The van der Waals surface area contributed by atoms with Gasteiger partial charge in [0.1, 0.15) is 11.9 Å². The molecule has 0 saturated carbocycles. The van der Waals surface area contributed by atoms with Crippen molar-refractivity contribution in [3.8, 4) is 0 Å². The van der Waals surface area contributed by atoms with Gasteiger partial charge in [-0.2, -0.15) is 5.10 Å². The summed E-state index contributed by atoms with van der Waals surface area (Å²) in [6.45, 7) is 6.02. The fourth-order valence-corrected chi connectivity index (χ4v) is 3.67. The van der Waals surface area contributed by atoms with E-state index in [1.807, 2.05) is 48.9 Å². The average molecular weight is 408 g/mol. The highest BCUT2D eigenvalue weighted by molar-refractivity contribution is 5.89. The second-order valence-electron chi connectivity index (χ2n) is 7.57. The third-order valence-electron chi connectivity index (χ3n) is 5.21. The maximum Gasteiger partial charge on any atom is 0.322 e. The Morgan fingerprint density at radius 3 is 2.73 bits per heavy atom. The molecule has 7 heteroatoms. The van der Waals surface area contributed by atoms with Crippen LogP contribution in [-0.2, 0) is 11.3 Å². The lowest BCUT2D eigenvalue weighted by Crippen LogP contribution is -2.44. The lowest BCUT2D eigenvalue weighted by atomic mass is 10.1. The Bertz CT molecular complexity index is 1030. The molecule has 0 radical (unpaired) electrons. The van der Waals surface area contributed by atoms with Crippen LogP contribution in [0, 0.1) is 19.7 Å². The molecule has 6 nitrogen and oxygen atoms in total. The van der Waals surface area contributed by atoms with Gasteiger partial charge in [0.25, 0.3) is 0 Å². The summed E-state index contributed by atoms with van der Waals surface area (Å²) in [7, 11) is 0. The van der Waals surface area contributed by atoms with E-state index in [0.717, 1.165) is 28.2 Å². The van der Waals surface area contributed by atoms with Crippen molar-refractivity contribution in [1.29, 1.82) is 0 Å². The summed E-state index contributed by atoms with van der Waals surface area (Å²) in [4.78, 5) is 14.5. The van der Waals surface area contributed by atoms with Gasteiger partial charge in [0.05, 0.1) is 25.4 Å². The van der Waals surface area contributed by atoms with E-state index in [1.165, 1.54) is 12.1 Å². The van der Waals surface area contributed by atoms with Gasteiger partial charge in [-0.15, -0.1) is 0 Å². The molecule has 156 valence electrons. The Kier molecular flexibility index (Phi) is 5.81. The summed E-state index contributed by atoms with van der Waals surface area (Å²) in [5.74, 6) is -0.287. The van der Waals surface area contributed by atoms with Gasteiger partial charge >= 0.3 is 6.03 Å². The fraction of sp³-hybridized carbons (Fsp3) is 0.304. The van der Waals surface area contributed by atoms with Gasteiger partial charge in [-0.05, 0) is 55.3 Å². The second kappa shape index (κ2) is 8.67. The quantitative estimate of drug-likeness (QED) is 0.701. The number of carbonyl (C=O) groups excluding carboxylic acids is 1. The molecule has 2 heterocycles. The van der Waals surface area contributed by atoms with Crippen molar-refractivity contribution in [2.24, 2.45) is 0 Å². The maximum atomic E-state index is 13.2. The summed E-state index contributed by atoms with van der Waals surface area (Å²) in [5.41, 5.74) is 4.75. The van der Waals surface area contributed by atoms with Gasteiger partial charge in [-0.1, -0.05) is 24.3 Å². The highest BCUT2D eigenvalue weighted by Gasteiger charge is 2.25. The van der Waals surface area contributed by atoms with Crippen LogP contribution in [0.25, 0.3) is 0 Å². The molecular formula is C23H25FN4O2. The minimum Gasteiger partial charge on any atom is -0.370 e. The van der Waals surface area contributed by atoms with E-state index < -0.39 is 0 Å². The zero-order chi connectivity index (χ0) is 21.1. The predicted octanol–water partition coefficient (Wildman–Crippen LogP) is 4.29. The molecule has 3 aromatic rings. The number of aryl methyl sites for hydroxylation is 2. The first kappa shape index (κ1) is 20.1. The molecule has 2 amide bonds. The molecule has 0 spiro atoms. The number of urea groups is 1. The van der Waals surface area contributed by atoms with Crippen LogP contribution in [0.4, 0.5) is 14.9 Å². The smallest absolute Gasteiger partial charge is 0.322 e. The molecule has 1 saturated heterocycles. The van der Waals surface area contributed by atoms with Gasteiger partial charge < -0.3 is 15.0 Å². The van der Waals surface area contributed by atoms with E-state index in [-0.39, 0.29) is 18.0 Å². The average Bonchev–Trinajstić information content (AvgIpc) is 3.05. The third-order valence-corrected chi connectivity index (χ3v) is 5.21. The van der Waals surface area contributed by atoms with Crippen LogP contribution in [0.3, 0.4) is 0 Å². The largest absolute Gasteiger partial charge is 0.370 e. The topological polar surface area (TPSA) is 59.4 Å². The highest BCUT2D eigenvalue weighted by Crippen LogP contribution is 2.23. The number of rotatable bonds is 4. The first-order valence-corrected chi connectivity index (χ1v) is 10.0. The number of anilines is 1. The first-order chi connectivity index (χ1) is 14.5. The monoisotopic (exact) mass is 408 g/mol. The molecule has 30 heavy (non-hydrogen) atoms. The minimum atomic E-state index is -0.287. The molecule has 1 fully saturated rings. The molecule has 0 bridgehead atoms. The molecule has 1 unspecified atom stereocenters. The summed E-state index contributed by atoms with van der Waals surface area (Å²) < 4.78 is 20.9. The van der Waals surface area contributed by atoms with Crippen molar-refractivity contribution in [2.45, 2.75) is 26.5 Å². The van der Waals surface area contributed by atoms with Crippen LogP contribution in [-0.4, -0.2) is 40.4 Å². The summed E-state index contributed by atoms with van der Waals surface area (Å²) in [5, 5.41) is 7.48. The third kappa shape index (κ3) is 4.68. The molecule has 1 aliphatic heterocycles. The van der Waals surface area contributed by atoms with Gasteiger partial charge in [-0.25, -0.2) is 9.18 Å². The number of hydrogen-bond acceptors (Lipinski definition) is 3. The predicted molar refractivity (Wildman–Crippen MR) is 113 cm³/mol. The SMILES string of the molecule is Cc1cc(C)n(Cc2cccc(NC(=O)N3CCOC(c4ccc(F)cc4)C3)c2)n1. The molecule has 1 atom stereocenters. The van der Waals surface area contributed by atoms with Crippen molar-refractivity contribution >= 4 is 11.7 Å². The Labute approximate surface area is 175 Å². The van der Waals surface area contributed by atoms with E-state index in [4.69, 9.17) is 4.74 Å². The number of nitrogens with zero attached hydrogens (tertiary/aromatic N) is 3. The Hall–Kier alpha value is -3.19. The van der Waals surface area contributed by atoms with E-state index in [9.17, 15) is 9.18 Å². The van der Waals surface area contributed by atoms with E-state index in [0.29, 0.717) is 26.2 Å². The number of hydrogen-bond donors (Lipinski definition) is 1. The lowest BCUT2D eigenvalue weighted by molar-refractivity contribution is -0.0135. The van der Waals surface area contributed by atoms with E-state index in [1.54, 1.807) is 17.0 Å². The van der Waals surface area contributed by atoms with Gasteiger partial charge in [0.2, 0.25) is 0 Å². The zero-order valence-electron chi connectivity index (χ0n) is 17.1. The lowest BCUT2D eigenvalue weighted by Gasteiger charge is -2.33. The Morgan fingerprint density at radius 2 is 2.00 bits per heavy atom. The molecular weight excluding hydrogens is 383 g/mol. The summed E-state index contributed by atoms with van der Waals surface area (Å²) >= 11 is 0. The van der Waals surface area contributed by atoms with Gasteiger partial charge in [0.15, 0.2) is 0 Å². The number of halogens is 1. The fourth-order valence-electron chi connectivity index (χ4n) is 3.67. The molecule has 4 rings (SSSR count). The van der Waals surface area contributed by atoms with Gasteiger partial charge in [-0.3, -0.25) is 4.68 Å². The van der Waals surface area contributed by atoms with Crippen LogP contribution < -0.4 is 5.32 Å². The van der Waals surface area contributed by atoms with Crippen molar-refractivity contribution in [3.05, 3.63) is 82.9 Å². The van der Waals surface area contributed by atoms with Crippen molar-refractivity contribution in [3.63, 3.8) is 0 Å². The molecule has 2 aromatic carbocycles. The standard InChI is InChI=1S/C23H25FN4O2/c1-16-12-17(2)28(26-16)14-18-4-3-5-21(13-18)25-23(29)27-10-11-30-22(15-27)19-6-8-20(24)9-7-19/h3-9,12-13,22H,10-11,14-15H2,1-2H3,(H,25,29). The molecule has 1 aromatic heterocycles. The number of morpholine rings is 1. The number of carbonyl (C=O) groups is 1. The Balaban J connectivity index is 1.40. The van der Waals surface area contributed by atoms with Crippen molar-refractivity contribution in [2.75, 3.05) is 25.0 Å². The number of nitrogens with one attached hydrogen (secondary N) is 1. The number of benzene rings is 2. The maximum absolute atomic E-state index is 13.2. The van der Waals surface area contributed by atoms with Crippen LogP contribution >= 0.6 is 0 Å². The molecule has 0 aliphatic carbocycles. The molecule has 1 aliphatic rings. The highest BCUT2D eigenvalue weighted by atomic mass is 19.1. The number of amides is 2. The molecule has 1 N–H and O–H groups in total. The van der Waals surface area contributed by atoms with Crippen LogP contribution in [0.15, 0.2) is 54.6 Å². The van der Waals surface area contributed by atoms with Crippen LogP contribution in [0.1, 0.15) is 28.6 Å². The minimum absolute atomic E-state index is 0.173. The normalized spacial score (nSPS) is 16.5. The van der Waals surface area contributed by atoms with E-state index >= 15 is 0 Å². The zero-order valence-corrected chi connectivity index (χ0v) is 17.1. The summed E-state index contributed by atoms with van der Waals surface area (Å²) in [6.07, 6.45) is -0.262. The second-order valence-corrected chi connectivity index (χ2v) is 7.57. The summed E-state index contributed by atoms with van der Waals surface area (Å²) in [6, 6.07) is 15.9. The van der Waals surface area contributed by atoms with E-state index in [2.05, 4.69) is 10.4 Å². The van der Waals surface area contributed by atoms with Crippen LogP contribution in [0.2, 0.25) is 0 Å². The first-order valence-electron chi connectivity index (χ1n) is 10.0. The number of ether oxygens (including phenoxy) is 1. The van der Waals surface area contributed by atoms with Crippen molar-refractivity contribution < 1.29 is 13.9 Å². The van der Waals surface area contributed by atoms with Crippen LogP contribution in [0.5, 0.6) is 0 Å².